The molecule has 0 N–H and O–H groups in total. The maximum Gasteiger partial charge on any atom is 0.0938 e. The minimum absolute atomic E-state index is 0.167. The number of aromatic nitrogens is 1. The lowest BCUT2D eigenvalue weighted by Crippen LogP contribution is -2.20. The van der Waals surface area contributed by atoms with Gasteiger partial charge in [-0.05, 0) is 24.6 Å². The monoisotopic (exact) mass is 208 g/mol. The van der Waals surface area contributed by atoms with Crippen LogP contribution in [0.1, 0.15) is 18.5 Å². The SMILES string of the molecule is CC1C(CF)CN(C)[C@@H]1c1cccnc1. The lowest BCUT2D eigenvalue weighted by molar-refractivity contribution is 0.282. The van der Waals surface area contributed by atoms with Gasteiger partial charge in [-0.15, -0.1) is 0 Å². The molecule has 1 fully saturated rings. The van der Waals surface area contributed by atoms with E-state index in [0.717, 1.165) is 6.54 Å². The Bertz CT molecular complexity index is 315. The molecule has 0 saturated carbocycles. The van der Waals surface area contributed by atoms with Gasteiger partial charge in [0.25, 0.3) is 0 Å². The van der Waals surface area contributed by atoms with E-state index in [1.807, 2.05) is 12.3 Å². The molecule has 15 heavy (non-hydrogen) atoms. The first-order valence-electron chi connectivity index (χ1n) is 5.40. The summed E-state index contributed by atoms with van der Waals surface area (Å²) in [6.45, 7) is 2.75. The molecule has 3 heteroatoms. The maximum atomic E-state index is 12.8. The Morgan fingerprint density at radius 2 is 2.40 bits per heavy atom. The molecule has 0 spiro atoms. The zero-order valence-electron chi connectivity index (χ0n) is 9.23. The van der Waals surface area contributed by atoms with Gasteiger partial charge in [0.05, 0.1) is 6.67 Å². The zero-order chi connectivity index (χ0) is 10.8. The minimum Gasteiger partial charge on any atom is -0.299 e. The Kier molecular flexibility index (Phi) is 3.00. The average molecular weight is 208 g/mol. The molecular formula is C12H17FN2. The molecule has 1 aromatic heterocycles. The summed E-state index contributed by atoms with van der Waals surface area (Å²) >= 11 is 0. The van der Waals surface area contributed by atoms with Gasteiger partial charge in [-0.1, -0.05) is 13.0 Å². The van der Waals surface area contributed by atoms with E-state index in [9.17, 15) is 4.39 Å². The van der Waals surface area contributed by atoms with Crippen molar-refractivity contribution in [2.24, 2.45) is 11.8 Å². The second-order valence-electron chi connectivity index (χ2n) is 4.44. The summed E-state index contributed by atoms with van der Waals surface area (Å²) in [4.78, 5) is 6.36. The van der Waals surface area contributed by atoms with E-state index in [2.05, 4.69) is 29.9 Å². The lowest BCUT2D eigenvalue weighted by Gasteiger charge is -2.23. The van der Waals surface area contributed by atoms with Gasteiger partial charge < -0.3 is 0 Å². The van der Waals surface area contributed by atoms with Crippen LogP contribution in [0.5, 0.6) is 0 Å². The third kappa shape index (κ3) is 1.88. The molecule has 0 bridgehead atoms. The molecular weight excluding hydrogens is 191 g/mol. The van der Waals surface area contributed by atoms with Crippen molar-refractivity contribution < 1.29 is 4.39 Å². The van der Waals surface area contributed by atoms with Gasteiger partial charge in [0.1, 0.15) is 0 Å². The first-order chi connectivity index (χ1) is 7.24. The van der Waals surface area contributed by atoms with Gasteiger partial charge in [-0.2, -0.15) is 0 Å². The first-order valence-corrected chi connectivity index (χ1v) is 5.40. The molecule has 82 valence electrons. The predicted molar refractivity (Wildman–Crippen MR) is 58.2 cm³/mol. The topological polar surface area (TPSA) is 16.1 Å². The van der Waals surface area contributed by atoms with Crippen LogP contribution in [0.25, 0.3) is 0 Å². The van der Waals surface area contributed by atoms with Crippen LogP contribution in [0.2, 0.25) is 0 Å². The van der Waals surface area contributed by atoms with Gasteiger partial charge in [0.15, 0.2) is 0 Å². The highest BCUT2D eigenvalue weighted by atomic mass is 19.1. The van der Waals surface area contributed by atoms with E-state index in [4.69, 9.17) is 0 Å². The van der Waals surface area contributed by atoms with Crippen molar-refractivity contribution in [1.29, 1.82) is 0 Å². The number of hydrogen-bond acceptors (Lipinski definition) is 2. The van der Waals surface area contributed by atoms with Crippen LogP contribution in [0.15, 0.2) is 24.5 Å². The number of alkyl halides is 1. The Morgan fingerprint density at radius 3 is 2.93 bits per heavy atom. The third-order valence-electron chi connectivity index (χ3n) is 3.46. The Morgan fingerprint density at radius 1 is 1.60 bits per heavy atom. The molecule has 1 aromatic rings. The molecule has 0 amide bonds. The van der Waals surface area contributed by atoms with Crippen LogP contribution in [-0.4, -0.2) is 30.2 Å². The molecule has 1 aliphatic heterocycles. The number of halogens is 1. The fourth-order valence-electron chi connectivity index (χ4n) is 2.61. The number of nitrogens with zero attached hydrogens (tertiary/aromatic N) is 2. The van der Waals surface area contributed by atoms with Crippen LogP contribution < -0.4 is 0 Å². The standard InChI is InChI=1S/C12H17FN2/c1-9-11(6-13)8-15(2)12(9)10-4-3-5-14-7-10/h3-5,7,9,11-12H,6,8H2,1-2H3/t9?,11?,12-/m0/s1. The van der Waals surface area contributed by atoms with Crippen molar-refractivity contribution in [3.63, 3.8) is 0 Å². The zero-order valence-corrected chi connectivity index (χ0v) is 9.23. The van der Waals surface area contributed by atoms with E-state index in [0.29, 0.717) is 12.0 Å². The van der Waals surface area contributed by atoms with Crippen molar-refractivity contribution in [2.45, 2.75) is 13.0 Å². The largest absolute Gasteiger partial charge is 0.299 e. The van der Waals surface area contributed by atoms with Crippen LogP contribution >= 0.6 is 0 Å². The predicted octanol–water partition coefficient (Wildman–Crippen LogP) is 2.29. The fourth-order valence-corrected chi connectivity index (χ4v) is 2.61. The van der Waals surface area contributed by atoms with Gasteiger partial charge in [0.2, 0.25) is 0 Å². The van der Waals surface area contributed by atoms with Crippen molar-refractivity contribution >= 4 is 0 Å². The van der Waals surface area contributed by atoms with E-state index in [-0.39, 0.29) is 12.6 Å². The lowest BCUT2D eigenvalue weighted by atomic mass is 9.90. The van der Waals surface area contributed by atoms with Crippen molar-refractivity contribution in [2.75, 3.05) is 20.3 Å². The number of rotatable bonds is 2. The second-order valence-corrected chi connectivity index (χ2v) is 4.44. The van der Waals surface area contributed by atoms with Gasteiger partial charge in [-0.25, -0.2) is 0 Å². The molecule has 2 heterocycles. The maximum absolute atomic E-state index is 12.8. The summed E-state index contributed by atoms with van der Waals surface area (Å²) in [5.41, 5.74) is 1.20. The molecule has 2 rings (SSSR count). The van der Waals surface area contributed by atoms with Gasteiger partial charge >= 0.3 is 0 Å². The summed E-state index contributed by atoms with van der Waals surface area (Å²) in [6, 6.07) is 4.34. The quantitative estimate of drug-likeness (QED) is 0.741. The molecule has 1 aliphatic rings. The normalized spacial score (nSPS) is 32.1. The van der Waals surface area contributed by atoms with Crippen LogP contribution in [0, 0.1) is 11.8 Å². The number of pyridine rings is 1. The highest BCUT2D eigenvalue weighted by Gasteiger charge is 2.37. The van der Waals surface area contributed by atoms with Crippen LogP contribution in [0.3, 0.4) is 0 Å². The summed E-state index contributed by atoms with van der Waals surface area (Å²) in [7, 11) is 2.06. The number of hydrogen-bond donors (Lipinski definition) is 0. The van der Waals surface area contributed by atoms with Crippen molar-refractivity contribution in [3.8, 4) is 0 Å². The molecule has 2 nitrogen and oxygen atoms in total. The Labute approximate surface area is 90.1 Å². The van der Waals surface area contributed by atoms with E-state index < -0.39 is 0 Å². The van der Waals surface area contributed by atoms with Crippen molar-refractivity contribution in [3.05, 3.63) is 30.1 Å². The molecule has 0 aromatic carbocycles. The fraction of sp³-hybridized carbons (Fsp3) is 0.583. The highest BCUT2D eigenvalue weighted by molar-refractivity contribution is 5.17. The molecule has 0 aliphatic carbocycles. The van der Waals surface area contributed by atoms with Crippen molar-refractivity contribution in [1.82, 2.24) is 9.88 Å². The third-order valence-corrected chi connectivity index (χ3v) is 3.46. The summed E-state index contributed by atoms with van der Waals surface area (Å²) in [5, 5.41) is 0. The number of likely N-dealkylation sites (tertiary alicyclic amines) is 1. The molecule has 1 saturated heterocycles. The van der Waals surface area contributed by atoms with E-state index in [1.165, 1.54) is 5.56 Å². The Hall–Kier alpha value is -0.960. The first kappa shape index (κ1) is 10.6. The molecule has 2 unspecified atom stereocenters. The highest BCUT2D eigenvalue weighted by Crippen LogP contribution is 2.39. The summed E-state index contributed by atoms with van der Waals surface area (Å²) in [6.07, 6.45) is 3.66. The van der Waals surface area contributed by atoms with Crippen LogP contribution in [0.4, 0.5) is 4.39 Å². The second kappa shape index (κ2) is 4.27. The van der Waals surface area contributed by atoms with E-state index in [1.54, 1.807) is 6.20 Å². The Balaban J connectivity index is 2.23. The molecule has 0 radical (unpaired) electrons. The van der Waals surface area contributed by atoms with E-state index >= 15 is 0 Å². The summed E-state index contributed by atoms with van der Waals surface area (Å²) in [5.74, 6) is 0.532. The minimum atomic E-state index is -0.220. The summed E-state index contributed by atoms with van der Waals surface area (Å²) < 4.78 is 12.8. The molecule has 3 atom stereocenters. The smallest absolute Gasteiger partial charge is 0.0938 e. The van der Waals surface area contributed by atoms with Gasteiger partial charge in [-0.3, -0.25) is 14.3 Å². The van der Waals surface area contributed by atoms with Gasteiger partial charge in [0, 0.05) is 30.9 Å². The average Bonchev–Trinajstić information content (AvgIpc) is 2.55. The van der Waals surface area contributed by atoms with Crippen LogP contribution in [-0.2, 0) is 0 Å².